The highest BCUT2D eigenvalue weighted by molar-refractivity contribution is 5.80. The van der Waals surface area contributed by atoms with Crippen LogP contribution in [-0.4, -0.2) is 13.1 Å². The van der Waals surface area contributed by atoms with Crippen LogP contribution in [0.1, 0.15) is 6.92 Å². The minimum atomic E-state index is -0.245. The summed E-state index contributed by atoms with van der Waals surface area (Å²) in [7, 11) is 1.35. The van der Waals surface area contributed by atoms with Gasteiger partial charge in [-0.15, -0.1) is 0 Å². The van der Waals surface area contributed by atoms with Gasteiger partial charge in [0.25, 0.3) is 0 Å². The summed E-state index contributed by atoms with van der Waals surface area (Å²) in [5, 5.41) is 0. The first-order chi connectivity index (χ1) is 5.24. The zero-order valence-electron chi connectivity index (χ0n) is 6.63. The van der Waals surface area contributed by atoms with E-state index in [9.17, 15) is 4.79 Å². The molecule has 0 aromatic heterocycles. The van der Waals surface area contributed by atoms with Crippen LogP contribution in [0.4, 0.5) is 0 Å². The molecule has 0 aromatic carbocycles. The number of methoxy groups -OCH3 is 1. The number of benzene rings is 1. The smallest absolute Gasteiger partial charge is 0.302 e. The van der Waals surface area contributed by atoms with Gasteiger partial charge in [-0.05, 0) is 17.2 Å². The summed E-state index contributed by atoms with van der Waals surface area (Å²) in [6, 6.07) is 8.48. The highest BCUT2D eigenvalue weighted by Gasteiger charge is 2.06. The Labute approximate surface area is 65.8 Å². The SMILES string of the molecule is COC(C)=O.c1cc2cc-2c1. The van der Waals surface area contributed by atoms with Crippen LogP contribution in [0.25, 0.3) is 11.1 Å². The number of hydrogen-bond donors (Lipinski definition) is 0. The lowest BCUT2D eigenvalue weighted by Gasteiger charge is -1.80. The molecular weight excluding hydrogens is 140 g/mol. The van der Waals surface area contributed by atoms with E-state index >= 15 is 0 Å². The van der Waals surface area contributed by atoms with Crippen LogP contribution >= 0.6 is 0 Å². The number of carbonyl (C=O) groups is 1. The molecule has 58 valence electrons. The molecule has 0 N–H and O–H groups in total. The molecule has 0 saturated heterocycles. The zero-order chi connectivity index (χ0) is 8.27. The maximum absolute atomic E-state index is 9.59. The molecule has 0 aromatic rings. The molecule has 0 bridgehead atoms. The maximum atomic E-state index is 9.59. The molecule has 0 aliphatic heterocycles. The Hall–Kier alpha value is -1.31. The van der Waals surface area contributed by atoms with Gasteiger partial charge in [0.05, 0.1) is 7.11 Å². The minimum Gasteiger partial charge on any atom is -0.469 e. The summed E-state index contributed by atoms with van der Waals surface area (Å²) in [4.78, 5) is 9.59. The van der Waals surface area contributed by atoms with E-state index in [1.165, 1.54) is 25.2 Å². The van der Waals surface area contributed by atoms with E-state index in [1.54, 1.807) is 0 Å². The minimum absolute atomic E-state index is 0.245. The molecule has 0 spiro atoms. The second-order valence-electron chi connectivity index (χ2n) is 2.28. The highest BCUT2D eigenvalue weighted by atomic mass is 16.5. The average molecular weight is 150 g/mol. The summed E-state index contributed by atoms with van der Waals surface area (Å²) < 4.78 is 4.11. The lowest BCUT2D eigenvalue weighted by atomic mass is 10.6. The molecule has 0 unspecified atom stereocenters. The van der Waals surface area contributed by atoms with Crippen molar-refractivity contribution in [2.75, 3.05) is 7.11 Å². The lowest BCUT2D eigenvalue weighted by Crippen LogP contribution is -1.88. The summed E-state index contributed by atoms with van der Waals surface area (Å²) in [5.74, 6) is -0.245. The van der Waals surface area contributed by atoms with Crippen LogP contribution in [0, 0.1) is 0 Å². The van der Waals surface area contributed by atoms with Crippen LogP contribution in [0.15, 0.2) is 24.3 Å². The van der Waals surface area contributed by atoms with Gasteiger partial charge < -0.3 is 4.74 Å². The van der Waals surface area contributed by atoms with E-state index in [-0.39, 0.29) is 5.97 Å². The largest absolute Gasteiger partial charge is 0.469 e. The molecule has 2 aliphatic rings. The number of rotatable bonds is 0. The lowest BCUT2D eigenvalue weighted by molar-refractivity contribution is -0.137. The number of ether oxygens (including phenoxy) is 1. The van der Waals surface area contributed by atoms with Crippen LogP contribution < -0.4 is 0 Å². The molecule has 0 amide bonds. The Morgan fingerprint density at radius 3 is 1.91 bits per heavy atom. The standard InChI is InChI=1S/C6H4.C3H6O2/c1-2-5-4-6(5)3-1;1-3(4)5-2/h1-4H;1-2H3. The number of hydrogen-bond acceptors (Lipinski definition) is 2. The normalized spacial score (nSPS) is 9.27. The third kappa shape index (κ3) is 2.42. The Balaban J connectivity index is 0.000000114. The highest BCUT2D eigenvalue weighted by Crippen LogP contribution is 2.32. The van der Waals surface area contributed by atoms with Crippen molar-refractivity contribution < 1.29 is 9.53 Å². The molecular formula is C9H10O2. The molecule has 2 nitrogen and oxygen atoms in total. The van der Waals surface area contributed by atoms with E-state index in [1.807, 2.05) is 0 Å². The fourth-order valence-corrected chi connectivity index (χ4v) is 0.676. The van der Waals surface area contributed by atoms with Crippen LogP contribution in [0.5, 0.6) is 0 Å². The van der Waals surface area contributed by atoms with Crippen molar-refractivity contribution in [1.29, 1.82) is 0 Å². The Morgan fingerprint density at radius 1 is 1.36 bits per heavy atom. The van der Waals surface area contributed by atoms with Crippen molar-refractivity contribution in [3.8, 4) is 11.1 Å². The topological polar surface area (TPSA) is 26.3 Å². The van der Waals surface area contributed by atoms with Crippen LogP contribution in [0.3, 0.4) is 0 Å². The van der Waals surface area contributed by atoms with Gasteiger partial charge in [-0.25, -0.2) is 0 Å². The number of fused-ring (bicyclic) bond motifs is 1. The fraction of sp³-hybridized carbons (Fsp3) is 0.222. The third-order valence-electron chi connectivity index (χ3n) is 1.40. The zero-order valence-corrected chi connectivity index (χ0v) is 6.63. The molecule has 2 aliphatic carbocycles. The molecule has 0 heterocycles. The van der Waals surface area contributed by atoms with Gasteiger partial charge in [-0.2, -0.15) is 0 Å². The maximum Gasteiger partial charge on any atom is 0.302 e. The van der Waals surface area contributed by atoms with Gasteiger partial charge in [0.2, 0.25) is 0 Å². The molecule has 11 heavy (non-hydrogen) atoms. The number of esters is 1. The van der Waals surface area contributed by atoms with E-state index in [0.717, 1.165) is 0 Å². The molecule has 0 radical (unpaired) electrons. The van der Waals surface area contributed by atoms with Gasteiger partial charge in [0.15, 0.2) is 0 Å². The van der Waals surface area contributed by atoms with E-state index < -0.39 is 0 Å². The second-order valence-corrected chi connectivity index (χ2v) is 2.28. The summed E-state index contributed by atoms with van der Waals surface area (Å²) in [5.41, 5.74) is 2.85. The van der Waals surface area contributed by atoms with Gasteiger partial charge >= 0.3 is 5.97 Å². The van der Waals surface area contributed by atoms with Crippen LogP contribution in [0.2, 0.25) is 0 Å². The van der Waals surface area contributed by atoms with Crippen molar-refractivity contribution in [2.24, 2.45) is 0 Å². The first-order valence-corrected chi connectivity index (χ1v) is 3.39. The second kappa shape index (κ2) is 3.19. The van der Waals surface area contributed by atoms with Gasteiger partial charge in [-0.1, -0.05) is 18.2 Å². The first kappa shape index (κ1) is 7.79. The molecule has 0 saturated carbocycles. The third-order valence-corrected chi connectivity index (χ3v) is 1.40. The quantitative estimate of drug-likeness (QED) is 0.536. The Kier molecular flexibility index (Phi) is 2.26. The van der Waals surface area contributed by atoms with Gasteiger partial charge in [-0.3, -0.25) is 4.79 Å². The van der Waals surface area contributed by atoms with Gasteiger partial charge in [0.1, 0.15) is 0 Å². The summed E-state index contributed by atoms with van der Waals surface area (Å²) in [6.45, 7) is 1.36. The average Bonchev–Trinajstić information content (AvgIpc) is 2.61. The summed E-state index contributed by atoms with van der Waals surface area (Å²) >= 11 is 0. The van der Waals surface area contributed by atoms with Gasteiger partial charge in [0, 0.05) is 6.92 Å². The Bertz CT molecular complexity index is 249. The molecule has 2 heteroatoms. The van der Waals surface area contributed by atoms with Crippen molar-refractivity contribution in [2.45, 2.75) is 6.92 Å². The summed E-state index contributed by atoms with van der Waals surface area (Å²) in [6.07, 6.45) is 0. The first-order valence-electron chi connectivity index (χ1n) is 3.39. The van der Waals surface area contributed by atoms with Crippen molar-refractivity contribution in [3.05, 3.63) is 24.3 Å². The predicted octanol–water partition coefficient (Wildman–Crippen LogP) is 1.85. The molecule has 0 atom stereocenters. The van der Waals surface area contributed by atoms with Crippen molar-refractivity contribution in [1.82, 2.24) is 0 Å². The molecule has 0 fully saturated rings. The predicted molar refractivity (Wildman–Crippen MR) is 43.1 cm³/mol. The van der Waals surface area contributed by atoms with E-state index in [4.69, 9.17) is 0 Å². The number of carbonyl (C=O) groups excluding carboxylic acids is 1. The monoisotopic (exact) mass is 150 g/mol. The molecule has 2 rings (SSSR count). The Morgan fingerprint density at radius 2 is 1.82 bits per heavy atom. The van der Waals surface area contributed by atoms with E-state index in [2.05, 4.69) is 29.0 Å². The van der Waals surface area contributed by atoms with Crippen molar-refractivity contribution in [3.63, 3.8) is 0 Å². The van der Waals surface area contributed by atoms with E-state index in [0.29, 0.717) is 0 Å². The van der Waals surface area contributed by atoms with Crippen LogP contribution in [-0.2, 0) is 9.53 Å². The fourth-order valence-electron chi connectivity index (χ4n) is 0.676. The van der Waals surface area contributed by atoms with Crippen molar-refractivity contribution >= 4 is 5.97 Å².